The Morgan fingerprint density at radius 1 is 1.59 bits per heavy atom. The average molecular weight is 251 g/mol. The van der Waals surface area contributed by atoms with Gasteiger partial charge in [-0.15, -0.1) is 0 Å². The monoisotopic (exact) mass is 251 g/mol. The van der Waals surface area contributed by atoms with Crippen LogP contribution in [0, 0.1) is 18.3 Å². The molecule has 4 heteroatoms. The fourth-order valence-corrected chi connectivity index (χ4v) is 2.05. The fourth-order valence-electron chi connectivity index (χ4n) is 1.69. The van der Waals surface area contributed by atoms with Gasteiger partial charge < -0.3 is 9.88 Å². The molecular formula is C13H21N3S. The van der Waals surface area contributed by atoms with Crippen LogP contribution < -0.4 is 5.32 Å². The molecule has 1 N–H and O–H groups in total. The van der Waals surface area contributed by atoms with E-state index in [1.807, 2.05) is 29.4 Å². The minimum Gasteiger partial charge on any atom is -0.340 e. The summed E-state index contributed by atoms with van der Waals surface area (Å²) in [4.78, 5) is 0. The third-order valence-electron chi connectivity index (χ3n) is 3.20. The van der Waals surface area contributed by atoms with Crippen molar-refractivity contribution in [3.63, 3.8) is 0 Å². The molecule has 1 unspecified atom stereocenters. The van der Waals surface area contributed by atoms with Crippen LogP contribution in [0.4, 0.5) is 0 Å². The third kappa shape index (κ3) is 3.79. The lowest BCUT2D eigenvalue weighted by atomic mass is 10.2. The molecule has 0 saturated heterocycles. The van der Waals surface area contributed by atoms with Crippen LogP contribution in [0.5, 0.6) is 0 Å². The van der Waals surface area contributed by atoms with E-state index in [2.05, 4.69) is 31.5 Å². The Hall–Kier alpha value is -0.920. The molecule has 0 amide bonds. The number of nitriles is 1. The summed E-state index contributed by atoms with van der Waals surface area (Å²) in [5.74, 6) is 0. The number of hydrogen-bond donors (Lipinski definition) is 1. The van der Waals surface area contributed by atoms with Crippen LogP contribution in [-0.2, 0) is 13.6 Å². The molecule has 1 heterocycles. The number of rotatable bonds is 6. The number of nitrogens with zero attached hydrogens (tertiary/aromatic N) is 2. The van der Waals surface area contributed by atoms with Crippen molar-refractivity contribution in [2.75, 3.05) is 12.8 Å². The zero-order valence-electron chi connectivity index (χ0n) is 11.1. The minimum atomic E-state index is 0.703. The van der Waals surface area contributed by atoms with Gasteiger partial charge in [-0.25, -0.2) is 0 Å². The molecule has 0 radical (unpaired) electrons. The maximum Gasteiger partial charge on any atom is 0.120 e. The molecule has 0 saturated carbocycles. The highest BCUT2D eigenvalue weighted by atomic mass is 32.2. The quantitative estimate of drug-likeness (QED) is 0.790. The normalized spacial score (nSPS) is 12.4. The summed E-state index contributed by atoms with van der Waals surface area (Å²) in [6, 6.07) is 4.18. The first-order valence-corrected chi connectivity index (χ1v) is 7.17. The molecule has 0 aliphatic heterocycles. The van der Waals surface area contributed by atoms with E-state index >= 15 is 0 Å². The van der Waals surface area contributed by atoms with Gasteiger partial charge in [0.2, 0.25) is 0 Å². The number of aromatic nitrogens is 1. The van der Waals surface area contributed by atoms with Crippen molar-refractivity contribution in [1.82, 2.24) is 9.88 Å². The van der Waals surface area contributed by atoms with Gasteiger partial charge in [0.25, 0.3) is 0 Å². The van der Waals surface area contributed by atoms with Crippen molar-refractivity contribution >= 4 is 11.8 Å². The first kappa shape index (κ1) is 14.1. The summed E-state index contributed by atoms with van der Waals surface area (Å²) in [6.45, 7) is 6.18. The van der Waals surface area contributed by atoms with E-state index < -0.39 is 0 Å². The molecule has 0 aliphatic carbocycles. The van der Waals surface area contributed by atoms with E-state index in [0.717, 1.165) is 18.8 Å². The molecule has 1 rings (SSSR count). The third-order valence-corrected chi connectivity index (χ3v) is 4.24. The SMILES string of the molecule is CSC(C)CCNCc1cc(C#N)n(C)c1C. The maximum absolute atomic E-state index is 8.94. The van der Waals surface area contributed by atoms with Crippen LogP contribution in [0.1, 0.15) is 30.3 Å². The summed E-state index contributed by atoms with van der Waals surface area (Å²) in [6.07, 6.45) is 3.32. The van der Waals surface area contributed by atoms with E-state index in [1.54, 1.807) is 0 Å². The van der Waals surface area contributed by atoms with E-state index in [9.17, 15) is 0 Å². The van der Waals surface area contributed by atoms with Crippen molar-refractivity contribution in [1.29, 1.82) is 5.26 Å². The van der Waals surface area contributed by atoms with Crippen molar-refractivity contribution in [2.45, 2.75) is 32.1 Å². The highest BCUT2D eigenvalue weighted by molar-refractivity contribution is 7.99. The van der Waals surface area contributed by atoms with Gasteiger partial charge in [-0.1, -0.05) is 6.92 Å². The summed E-state index contributed by atoms with van der Waals surface area (Å²) < 4.78 is 1.95. The molecule has 0 aliphatic rings. The van der Waals surface area contributed by atoms with E-state index in [-0.39, 0.29) is 0 Å². The Bertz CT molecular complexity index is 404. The second-order valence-electron chi connectivity index (χ2n) is 4.32. The second kappa shape index (κ2) is 6.73. The first-order chi connectivity index (χ1) is 8.10. The van der Waals surface area contributed by atoms with Gasteiger partial charge in [0.15, 0.2) is 0 Å². The summed E-state index contributed by atoms with van der Waals surface area (Å²) in [5.41, 5.74) is 3.13. The number of thioether (sulfide) groups is 1. The standard InChI is InChI=1S/C13H21N3S/c1-10(17-4)5-6-15-9-12-7-13(8-14)16(3)11(12)2/h7,10,15H,5-6,9H2,1-4H3. The Labute approximate surface area is 108 Å². The highest BCUT2D eigenvalue weighted by Gasteiger charge is 2.08. The lowest BCUT2D eigenvalue weighted by molar-refractivity contribution is 0.645. The number of nitrogens with one attached hydrogen (secondary N) is 1. The Kier molecular flexibility index (Phi) is 5.60. The van der Waals surface area contributed by atoms with Crippen molar-refractivity contribution in [3.8, 4) is 6.07 Å². The molecule has 3 nitrogen and oxygen atoms in total. The maximum atomic E-state index is 8.94. The molecule has 0 bridgehead atoms. The van der Waals surface area contributed by atoms with Crippen LogP contribution in [-0.4, -0.2) is 22.6 Å². The topological polar surface area (TPSA) is 40.8 Å². The zero-order chi connectivity index (χ0) is 12.8. The van der Waals surface area contributed by atoms with Gasteiger partial charge in [0, 0.05) is 24.5 Å². The van der Waals surface area contributed by atoms with E-state index in [4.69, 9.17) is 5.26 Å². The van der Waals surface area contributed by atoms with Crippen LogP contribution >= 0.6 is 11.8 Å². The van der Waals surface area contributed by atoms with Gasteiger partial charge in [-0.2, -0.15) is 17.0 Å². The second-order valence-corrected chi connectivity index (χ2v) is 5.60. The zero-order valence-corrected chi connectivity index (χ0v) is 11.9. The van der Waals surface area contributed by atoms with Crippen molar-refractivity contribution < 1.29 is 0 Å². The van der Waals surface area contributed by atoms with E-state index in [1.165, 1.54) is 17.7 Å². The van der Waals surface area contributed by atoms with E-state index in [0.29, 0.717) is 5.25 Å². The summed E-state index contributed by atoms with van der Waals surface area (Å²) in [5, 5.41) is 13.1. The fraction of sp³-hybridized carbons (Fsp3) is 0.615. The molecule has 17 heavy (non-hydrogen) atoms. The molecule has 0 fully saturated rings. The van der Waals surface area contributed by atoms with Gasteiger partial charge >= 0.3 is 0 Å². The molecular weight excluding hydrogens is 230 g/mol. The molecule has 1 aromatic heterocycles. The predicted molar refractivity (Wildman–Crippen MR) is 74.2 cm³/mol. The Morgan fingerprint density at radius 3 is 2.82 bits per heavy atom. The van der Waals surface area contributed by atoms with Gasteiger partial charge in [-0.05, 0) is 37.8 Å². The van der Waals surface area contributed by atoms with Gasteiger partial charge in [0.1, 0.15) is 11.8 Å². The highest BCUT2D eigenvalue weighted by Crippen LogP contribution is 2.13. The predicted octanol–water partition coefficient (Wildman–Crippen LogP) is 2.44. The first-order valence-electron chi connectivity index (χ1n) is 5.89. The minimum absolute atomic E-state index is 0.703. The van der Waals surface area contributed by atoms with Crippen molar-refractivity contribution in [2.24, 2.45) is 7.05 Å². The Morgan fingerprint density at radius 2 is 2.29 bits per heavy atom. The van der Waals surface area contributed by atoms with Crippen molar-refractivity contribution in [3.05, 3.63) is 23.0 Å². The molecule has 1 aromatic rings. The van der Waals surface area contributed by atoms with Crippen LogP contribution in [0.3, 0.4) is 0 Å². The molecule has 0 aromatic carbocycles. The van der Waals surface area contributed by atoms with Gasteiger partial charge in [0.05, 0.1) is 0 Å². The largest absolute Gasteiger partial charge is 0.340 e. The number of hydrogen-bond acceptors (Lipinski definition) is 3. The van der Waals surface area contributed by atoms with Gasteiger partial charge in [-0.3, -0.25) is 0 Å². The molecule has 1 atom stereocenters. The smallest absolute Gasteiger partial charge is 0.120 e. The summed E-state index contributed by atoms with van der Waals surface area (Å²) in [7, 11) is 1.94. The Balaban J connectivity index is 2.45. The van der Waals surface area contributed by atoms with Crippen LogP contribution in [0.2, 0.25) is 0 Å². The molecule has 0 spiro atoms. The average Bonchev–Trinajstić information content (AvgIpc) is 2.61. The lowest BCUT2D eigenvalue weighted by Crippen LogP contribution is -2.18. The van der Waals surface area contributed by atoms with Crippen LogP contribution in [0.15, 0.2) is 6.07 Å². The summed E-state index contributed by atoms with van der Waals surface area (Å²) >= 11 is 1.90. The van der Waals surface area contributed by atoms with Crippen LogP contribution in [0.25, 0.3) is 0 Å². The lowest BCUT2D eigenvalue weighted by Gasteiger charge is -2.09. The molecule has 94 valence electrons.